The summed E-state index contributed by atoms with van der Waals surface area (Å²) in [6.07, 6.45) is -0.532. The third-order valence-corrected chi connectivity index (χ3v) is 5.99. The standard InChI is InChI=1S/C26H27F2NO3/c1-31-22-12-2-17(3-13-22)15-29-23-16-32-25(14-24(23)30)26(18-4-8-20(27)9-5-18)19-6-10-21(28)11-7-19/h2-13,23-26,29-30H,14-16H2,1H3/t23-,24+,25+/m1/s1. The summed E-state index contributed by atoms with van der Waals surface area (Å²) >= 11 is 0. The summed E-state index contributed by atoms with van der Waals surface area (Å²) in [6.45, 7) is 0.931. The number of ether oxygens (including phenoxy) is 2. The Kier molecular flexibility index (Phi) is 7.15. The third-order valence-electron chi connectivity index (χ3n) is 5.99. The van der Waals surface area contributed by atoms with E-state index in [1.807, 2.05) is 24.3 Å². The molecule has 0 saturated carbocycles. The Bertz CT molecular complexity index is 948. The van der Waals surface area contributed by atoms with Crippen LogP contribution in [0.1, 0.15) is 29.0 Å². The predicted molar refractivity (Wildman–Crippen MR) is 119 cm³/mol. The highest BCUT2D eigenvalue weighted by molar-refractivity contribution is 5.34. The highest BCUT2D eigenvalue weighted by Gasteiger charge is 2.35. The molecule has 0 unspecified atom stereocenters. The van der Waals surface area contributed by atoms with Crippen molar-refractivity contribution in [3.05, 3.63) is 101 Å². The van der Waals surface area contributed by atoms with Crippen LogP contribution in [0, 0.1) is 11.6 Å². The average Bonchev–Trinajstić information content (AvgIpc) is 2.81. The Morgan fingerprint density at radius 3 is 2.00 bits per heavy atom. The fourth-order valence-electron chi connectivity index (χ4n) is 4.19. The highest BCUT2D eigenvalue weighted by Crippen LogP contribution is 2.35. The molecule has 0 aromatic heterocycles. The van der Waals surface area contributed by atoms with E-state index in [2.05, 4.69) is 5.32 Å². The van der Waals surface area contributed by atoms with Crippen LogP contribution in [0.25, 0.3) is 0 Å². The SMILES string of the molecule is COc1ccc(CN[C@@H]2CO[C@H](C(c3ccc(F)cc3)c3ccc(F)cc3)C[C@@H]2O)cc1. The van der Waals surface area contributed by atoms with Gasteiger partial charge in [-0.3, -0.25) is 0 Å². The largest absolute Gasteiger partial charge is 0.497 e. The molecule has 2 N–H and O–H groups in total. The minimum absolute atomic E-state index is 0.213. The Morgan fingerprint density at radius 2 is 1.50 bits per heavy atom. The molecule has 1 heterocycles. The quantitative estimate of drug-likeness (QED) is 0.573. The summed E-state index contributed by atoms with van der Waals surface area (Å²) in [5.74, 6) is -0.0864. The van der Waals surface area contributed by atoms with E-state index in [9.17, 15) is 13.9 Å². The molecule has 168 valence electrons. The lowest BCUT2D eigenvalue weighted by atomic mass is 9.82. The smallest absolute Gasteiger partial charge is 0.123 e. The number of benzene rings is 3. The van der Waals surface area contributed by atoms with Gasteiger partial charge in [0, 0.05) is 18.9 Å². The number of nitrogens with one attached hydrogen (secondary N) is 1. The van der Waals surface area contributed by atoms with Crippen molar-refractivity contribution in [1.82, 2.24) is 5.32 Å². The van der Waals surface area contributed by atoms with Gasteiger partial charge in [-0.15, -0.1) is 0 Å². The molecule has 1 aliphatic heterocycles. The Hall–Kier alpha value is -2.80. The maximum Gasteiger partial charge on any atom is 0.123 e. The van der Waals surface area contributed by atoms with Gasteiger partial charge in [0.25, 0.3) is 0 Å². The van der Waals surface area contributed by atoms with E-state index in [1.54, 1.807) is 31.4 Å². The van der Waals surface area contributed by atoms with Crippen molar-refractivity contribution in [3.63, 3.8) is 0 Å². The molecule has 1 saturated heterocycles. The number of hydrogen-bond donors (Lipinski definition) is 2. The Morgan fingerprint density at radius 1 is 0.938 bits per heavy atom. The number of methoxy groups -OCH3 is 1. The second-order valence-corrected chi connectivity index (χ2v) is 8.09. The number of aliphatic hydroxyl groups is 1. The van der Waals surface area contributed by atoms with Crippen molar-refractivity contribution in [2.24, 2.45) is 0 Å². The molecular weight excluding hydrogens is 412 g/mol. The zero-order valence-corrected chi connectivity index (χ0v) is 17.9. The Labute approximate surface area is 186 Å². The van der Waals surface area contributed by atoms with Gasteiger partial charge >= 0.3 is 0 Å². The van der Waals surface area contributed by atoms with Crippen LogP contribution in [-0.4, -0.2) is 37.1 Å². The normalized spacial score (nSPS) is 21.0. The molecule has 1 aliphatic rings. The highest BCUT2D eigenvalue weighted by atomic mass is 19.1. The third kappa shape index (κ3) is 5.33. The zero-order chi connectivity index (χ0) is 22.5. The van der Waals surface area contributed by atoms with Crippen LogP contribution >= 0.6 is 0 Å². The molecule has 3 aromatic rings. The summed E-state index contributed by atoms with van der Waals surface area (Å²) in [5, 5.41) is 14.2. The van der Waals surface area contributed by atoms with Crippen molar-refractivity contribution in [2.45, 2.75) is 37.1 Å². The van der Waals surface area contributed by atoms with Gasteiger partial charge in [-0.1, -0.05) is 36.4 Å². The second kappa shape index (κ2) is 10.2. The number of hydrogen-bond acceptors (Lipinski definition) is 4. The van der Waals surface area contributed by atoms with Crippen molar-refractivity contribution < 1.29 is 23.4 Å². The van der Waals surface area contributed by atoms with Gasteiger partial charge in [0.05, 0.1) is 32.0 Å². The van der Waals surface area contributed by atoms with E-state index in [1.165, 1.54) is 24.3 Å². The van der Waals surface area contributed by atoms with Crippen LogP contribution in [0.2, 0.25) is 0 Å². The summed E-state index contributed by atoms with van der Waals surface area (Å²) in [7, 11) is 1.63. The first-order valence-electron chi connectivity index (χ1n) is 10.7. The summed E-state index contributed by atoms with van der Waals surface area (Å²) in [5.41, 5.74) is 2.80. The van der Waals surface area contributed by atoms with Gasteiger partial charge in [0.2, 0.25) is 0 Å². The lowest BCUT2D eigenvalue weighted by molar-refractivity contribution is -0.0718. The second-order valence-electron chi connectivity index (χ2n) is 8.09. The maximum atomic E-state index is 13.5. The lowest BCUT2D eigenvalue weighted by Gasteiger charge is -2.38. The molecule has 0 amide bonds. The van der Waals surface area contributed by atoms with Crippen LogP contribution in [0.3, 0.4) is 0 Å². The first kappa shape index (κ1) is 22.4. The molecule has 4 nitrogen and oxygen atoms in total. The van der Waals surface area contributed by atoms with E-state index >= 15 is 0 Å². The lowest BCUT2D eigenvalue weighted by Crippen LogP contribution is -2.50. The Balaban J connectivity index is 1.45. The van der Waals surface area contributed by atoms with Crippen molar-refractivity contribution >= 4 is 0 Å². The molecule has 0 aliphatic carbocycles. The maximum absolute atomic E-state index is 13.5. The van der Waals surface area contributed by atoms with E-state index in [4.69, 9.17) is 9.47 Å². The van der Waals surface area contributed by atoms with Gasteiger partial charge in [-0.25, -0.2) is 8.78 Å². The topological polar surface area (TPSA) is 50.7 Å². The molecule has 4 rings (SSSR count). The molecule has 0 radical (unpaired) electrons. The molecule has 6 heteroatoms. The number of rotatable bonds is 7. The molecule has 0 bridgehead atoms. The first-order valence-corrected chi connectivity index (χ1v) is 10.7. The summed E-state index contributed by atoms with van der Waals surface area (Å²) in [6, 6.07) is 20.0. The number of halogens is 2. The van der Waals surface area contributed by atoms with E-state index < -0.39 is 6.10 Å². The molecule has 1 fully saturated rings. The minimum Gasteiger partial charge on any atom is -0.497 e. The molecule has 32 heavy (non-hydrogen) atoms. The van der Waals surface area contributed by atoms with Crippen molar-refractivity contribution in [1.29, 1.82) is 0 Å². The molecule has 3 atom stereocenters. The fourth-order valence-corrected chi connectivity index (χ4v) is 4.19. The molecule has 0 spiro atoms. The van der Waals surface area contributed by atoms with Gasteiger partial charge in [-0.2, -0.15) is 0 Å². The van der Waals surface area contributed by atoms with Crippen LogP contribution < -0.4 is 10.1 Å². The van der Waals surface area contributed by atoms with E-state index in [0.717, 1.165) is 22.4 Å². The summed E-state index contributed by atoms with van der Waals surface area (Å²) in [4.78, 5) is 0. The zero-order valence-electron chi connectivity index (χ0n) is 17.9. The predicted octanol–water partition coefficient (Wildman–Crippen LogP) is 4.41. The van der Waals surface area contributed by atoms with Crippen molar-refractivity contribution in [3.8, 4) is 5.75 Å². The molecule has 3 aromatic carbocycles. The number of aliphatic hydroxyl groups excluding tert-OH is 1. The van der Waals surface area contributed by atoms with Crippen LogP contribution in [0.15, 0.2) is 72.8 Å². The minimum atomic E-state index is -0.615. The summed E-state index contributed by atoms with van der Waals surface area (Å²) < 4.78 is 38.4. The molecular formula is C26H27F2NO3. The van der Waals surface area contributed by atoms with E-state index in [0.29, 0.717) is 19.6 Å². The average molecular weight is 440 g/mol. The van der Waals surface area contributed by atoms with Gasteiger partial charge in [-0.05, 0) is 53.1 Å². The van der Waals surface area contributed by atoms with Gasteiger partial charge < -0.3 is 19.9 Å². The van der Waals surface area contributed by atoms with Gasteiger partial charge in [0.1, 0.15) is 17.4 Å². The monoisotopic (exact) mass is 439 g/mol. The van der Waals surface area contributed by atoms with Crippen molar-refractivity contribution in [2.75, 3.05) is 13.7 Å². The van der Waals surface area contributed by atoms with E-state index in [-0.39, 0.29) is 29.7 Å². The van der Waals surface area contributed by atoms with Gasteiger partial charge in [0.15, 0.2) is 0 Å². The van der Waals surface area contributed by atoms with Crippen LogP contribution in [0.5, 0.6) is 5.75 Å². The fraction of sp³-hybridized carbons (Fsp3) is 0.308. The first-order chi connectivity index (χ1) is 15.5. The van der Waals surface area contributed by atoms with Crippen LogP contribution in [-0.2, 0) is 11.3 Å². The van der Waals surface area contributed by atoms with Crippen LogP contribution in [0.4, 0.5) is 8.78 Å².